The maximum atomic E-state index is 5.05. The van der Waals surface area contributed by atoms with E-state index >= 15 is 0 Å². The lowest BCUT2D eigenvalue weighted by Gasteiger charge is -2.15. The number of hydrogen-bond acceptors (Lipinski definition) is 2. The molecule has 2 nitrogen and oxygen atoms in total. The smallest absolute Gasteiger partial charge is 0.0828 e. The molecule has 2 heteroatoms. The Kier molecular flexibility index (Phi) is 3.26. The van der Waals surface area contributed by atoms with Crippen LogP contribution in [0.5, 0.6) is 0 Å². The number of rotatable bonds is 1. The van der Waals surface area contributed by atoms with Gasteiger partial charge in [0, 0.05) is 27.4 Å². The molecule has 0 aliphatic rings. The summed E-state index contributed by atoms with van der Waals surface area (Å²) in [5, 5.41) is 3.43. The molecule has 26 heavy (non-hydrogen) atoms. The fourth-order valence-corrected chi connectivity index (χ4v) is 3.89. The molecule has 0 saturated carbocycles. The molecule has 0 fully saturated rings. The van der Waals surface area contributed by atoms with Gasteiger partial charge in [-0.2, -0.15) is 0 Å². The van der Waals surface area contributed by atoms with E-state index in [1.54, 1.807) is 0 Å². The van der Waals surface area contributed by atoms with Crippen LogP contribution in [0.25, 0.3) is 43.8 Å². The Morgan fingerprint density at radius 1 is 0.615 bits per heavy atom. The molecule has 0 radical (unpaired) electrons. The van der Waals surface area contributed by atoms with E-state index in [2.05, 4.69) is 86.6 Å². The van der Waals surface area contributed by atoms with Gasteiger partial charge in [0.25, 0.3) is 0 Å². The van der Waals surface area contributed by atoms with Crippen LogP contribution in [0.4, 0.5) is 0 Å². The van der Waals surface area contributed by atoms with Crippen LogP contribution in [-0.4, -0.2) is 9.97 Å². The normalized spacial score (nSPS) is 11.5. The molecule has 124 valence electrons. The zero-order chi connectivity index (χ0) is 17.7. The molecule has 3 aromatic carbocycles. The van der Waals surface area contributed by atoms with Crippen molar-refractivity contribution in [3.63, 3.8) is 0 Å². The second-order valence-corrected chi connectivity index (χ2v) is 6.76. The molecule has 2 aromatic heterocycles. The minimum atomic E-state index is 1.02. The molecule has 0 aliphatic heterocycles. The van der Waals surface area contributed by atoms with Gasteiger partial charge in [-0.05, 0) is 31.0 Å². The SMILES string of the molecule is Cc1cccc2c1nc(C)c1c(-c3ccccc3)c3ccccc3nc12. The van der Waals surface area contributed by atoms with Crippen LogP contribution in [0.2, 0.25) is 0 Å². The van der Waals surface area contributed by atoms with Gasteiger partial charge in [0.05, 0.1) is 16.6 Å². The summed E-state index contributed by atoms with van der Waals surface area (Å²) in [6.45, 7) is 4.21. The van der Waals surface area contributed by atoms with Gasteiger partial charge < -0.3 is 0 Å². The highest BCUT2D eigenvalue weighted by molar-refractivity contribution is 6.17. The lowest BCUT2D eigenvalue weighted by atomic mass is 9.94. The summed E-state index contributed by atoms with van der Waals surface area (Å²) in [7, 11) is 0. The predicted octanol–water partition coefficient (Wildman–Crippen LogP) is 6.22. The topological polar surface area (TPSA) is 25.8 Å². The van der Waals surface area contributed by atoms with E-state index in [1.807, 2.05) is 0 Å². The van der Waals surface area contributed by atoms with Crippen molar-refractivity contribution in [2.75, 3.05) is 0 Å². The molecule has 0 aliphatic carbocycles. The number of pyridine rings is 2. The number of para-hydroxylation sites is 2. The Labute approximate surface area is 152 Å². The van der Waals surface area contributed by atoms with E-state index in [1.165, 1.54) is 22.1 Å². The standard InChI is InChI=1S/C24H18N2/c1-15-9-8-13-19-23(15)25-16(2)21-22(17-10-4-3-5-11-17)18-12-6-7-14-20(18)26-24(19)21/h3-14H,1-2H3. The van der Waals surface area contributed by atoms with Gasteiger partial charge in [-0.3, -0.25) is 4.98 Å². The van der Waals surface area contributed by atoms with Gasteiger partial charge in [0.15, 0.2) is 0 Å². The van der Waals surface area contributed by atoms with Crippen molar-refractivity contribution < 1.29 is 0 Å². The van der Waals surface area contributed by atoms with Crippen LogP contribution in [0, 0.1) is 13.8 Å². The molecule has 0 spiro atoms. The average molecular weight is 334 g/mol. The van der Waals surface area contributed by atoms with Crippen LogP contribution < -0.4 is 0 Å². The third kappa shape index (κ3) is 2.12. The quantitative estimate of drug-likeness (QED) is 0.269. The Hall–Kier alpha value is -3.26. The number of benzene rings is 3. The second kappa shape index (κ2) is 5.63. The zero-order valence-corrected chi connectivity index (χ0v) is 14.8. The number of aromatic nitrogens is 2. The van der Waals surface area contributed by atoms with Crippen molar-refractivity contribution in [2.45, 2.75) is 13.8 Å². The van der Waals surface area contributed by atoms with Gasteiger partial charge in [0.1, 0.15) is 0 Å². The monoisotopic (exact) mass is 334 g/mol. The summed E-state index contributed by atoms with van der Waals surface area (Å²) < 4.78 is 0. The molecule has 0 saturated heterocycles. The lowest BCUT2D eigenvalue weighted by Crippen LogP contribution is -1.96. The summed E-state index contributed by atoms with van der Waals surface area (Å²) in [6, 6.07) is 25.3. The van der Waals surface area contributed by atoms with Crippen molar-refractivity contribution in [3.8, 4) is 11.1 Å². The molecule has 5 aromatic rings. The summed E-state index contributed by atoms with van der Waals surface area (Å²) in [6.07, 6.45) is 0. The van der Waals surface area contributed by atoms with Crippen molar-refractivity contribution in [3.05, 3.63) is 84.1 Å². The third-order valence-corrected chi connectivity index (χ3v) is 5.09. The van der Waals surface area contributed by atoms with Crippen LogP contribution in [0.1, 0.15) is 11.3 Å². The Morgan fingerprint density at radius 2 is 1.35 bits per heavy atom. The first-order valence-electron chi connectivity index (χ1n) is 8.88. The van der Waals surface area contributed by atoms with Crippen molar-refractivity contribution in [1.29, 1.82) is 0 Å². The van der Waals surface area contributed by atoms with E-state index < -0.39 is 0 Å². The van der Waals surface area contributed by atoms with Crippen molar-refractivity contribution in [1.82, 2.24) is 9.97 Å². The van der Waals surface area contributed by atoms with Gasteiger partial charge >= 0.3 is 0 Å². The molecule has 0 bridgehead atoms. The second-order valence-electron chi connectivity index (χ2n) is 6.76. The highest BCUT2D eigenvalue weighted by Gasteiger charge is 2.16. The van der Waals surface area contributed by atoms with Crippen molar-refractivity contribution in [2.24, 2.45) is 0 Å². The highest BCUT2D eigenvalue weighted by atomic mass is 14.8. The minimum Gasteiger partial charge on any atom is -0.252 e. The number of fused-ring (bicyclic) bond motifs is 4. The third-order valence-electron chi connectivity index (χ3n) is 5.09. The molecular weight excluding hydrogens is 316 g/mol. The van der Waals surface area contributed by atoms with Crippen LogP contribution >= 0.6 is 0 Å². The predicted molar refractivity (Wildman–Crippen MR) is 109 cm³/mol. The summed E-state index contributed by atoms with van der Waals surface area (Å²) in [5.41, 5.74) is 7.73. The highest BCUT2D eigenvalue weighted by Crippen LogP contribution is 2.38. The van der Waals surface area contributed by atoms with Crippen LogP contribution in [0.15, 0.2) is 72.8 Å². The van der Waals surface area contributed by atoms with E-state index in [9.17, 15) is 0 Å². The molecule has 0 N–H and O–H groups in total. The van der Waals surface area contributed by atoms with Crippen LogP contribution in [-0.2, 0) is 0 Å². The fraction of sp³-hybridized carbons (Fsp3) is 0.0833. The maximum absolute atomic E-state index is 5.05. The first kappa shape index (κ1) is 15.0. The van der Waals surface area contributed by atoms with E-state index in [4.69, 9.17) is 9.97 Å². The molecule has 5 rings (SSSR count). The molecule has 2 heterocycles. The maximum Gasteiger partial charge on any atom is 0.0828 e. The number of nitrogens with zero attached hydrogens (tertiary/aromatic N) is 2. The minimum absolute atomic E-state index is 1.02. The van der Waals surface area contributed by atoms with E-state index in [0.29, 0.717) is 0 Å². The van der Waals surface area contributed by atoms with Gasteiger partial charge in [-0.15, -0.1) is 0 Å². The Balaban J connectivity index is 2.10. The lowest BCUT2D eigenvalue weighted by molar-refractivity contribution is 1.27. The largest absolute Gasteiger partial charge is 0.252 e. The first-order valence-corrected chi connectivity index (χ1v) is 8.88. The molecule has 0 amide bonds. The number of hydrogen-bond donors (Lipinski definition) is 0. The molecular formula is C24H18N2. The first-order chi connectivity index (χ1) is 12.7. The molecule has 0 atom stereocenters. The summed E-state index contributed by atoms with van der Waals surface area (Å²) >= 11 is 0. The average Bonchev–Trinajstić information content (AvgIpc) is 2.68. The summed E-state index contributed by atoms with van der Waals surface area (Å²) in [5.74, 6) is 0. The van der Waals surface area contributed by atoms with Gasteiger partial charge in [-0.1, -0.05) is 66.7 Å². The Bertz CT molecular complexity index is 1290. The van der Waals surface area contributed by atoms with Gasteiger partial charge in [0.2, 0.25) is 0 Å². The Morgan fingerprint density at radius 3 is 2.19 bits per heavy atom. The number of aryl methyl sites for hydroxylation is 2. The van der Waals surface area contributed by atoms with E-state index in [0.717, 1.165) is 33.0 Å². The molecule has 0 unspecified atom stereocenters. The van der Waals surface area contributed by atoms with Crippen LogP contribution in [0.3, 0.4) is 0 Å². The van der Waals surface area contributed by atoms with Crippen molar-refractivity contribution >= 4 is 32.7 Å². The summed E-state index contributed by atoms with van der Waals surface area (Å²) in [4.78, 5) is 10.0. The van der Waals surface area contributed by atoms with Gasteiger partial charge in [-0.25, -0.2) is 4.98 Å². The fourth-order valence-electron chi connectivity index (χ4n) is 3.89. The van der Waals surface area contributed by atoms with E-state index in [-0.39, 0.29) is 0 Å². The zero-order valence-electron chi connectivity index (χ0n) is 14.8.